The summed E-state index contributed by atoms with van der Waals surface area (Å²) in [6, 6.07) is 0. The lowest BCUT2D eigenvalue weighted by atomic mass is 9.93. The fraction of sp³-hybridized carbons (Fsp3) is 0.750. The summed E-state index contributed by atoms with van der Waals surface area (Å²) in [5.41, 5.74) is 7.85. The largest absolute Gasteiger partial charge is 0.371 e. The van der Waals surface area contributed by atoms with Crippen LogP contribution in [0.1, 0.15) is 33.1 Å². The van der Waals surface area contributed by atoms with Crippen molar-refractivity contribution in [3.63, 3.8) is 0 Å². The van der Waals surface area contributed by atoms with Crippen molar-refractivity contribution in [2.75, 3.05) is 19.8 Å². The highest BCUT2D eigenvalue weighted by Crippen LogP contribution is 2.32. The molecule has 0 aliphatic carbocycles. The Labute approximate surface area is 103 Å². The van der Waals surface area contributed by atoms with Crippen molar-refractivity contribution in [3.05, 3.63) is 11.3 Å². The highest BCUT2D eigenvalue weighted by atomic mass is 16.5. The lowest BCUT2D eigenvalue weighted by molar-refractivity contribution is 0.193. The van der Waals surface area contributed by atoms with Crippen molar-refractivity contribution in [2.45, 2.75) is 38.8 Å². The molecule has 2 aliphatic heterocycles. The van der Waals surface area contributed by atoms with E-state index >= 15 is 0 Å². The first-order valence-electron chi connectivity index (χ1n) is 6.39. The molecule has 17 heavy (non-hydrogen) atoms. The minimum Gasteiger partial charge on any atom is -0.371 e. The molecule has 0 saturated heterocycles. The molecule has 0 aromatic carbocycles. The van der Waals surface area contributed by atoms with Crippen molar-refractivity contribution in [2.24, 2.45) is 10.7 Å². The SMILES string of the molecule is CCCNC1(CCC)N=C(N)NC2=C1COC2. The molecular formula is C12H22N4O. The molecule has 4 N–H and O–H groups in total. The normalized spacial score (nSPS) is 27.8. The summed E-state index contributed by atoms with van der Waals surface area (Å²) in [5.74, 6) is 0.492. The van der Waals surface area contributed by atoms with E-state index in [1.54, 1.807) is 0 Å². The molecule has 2 rings (SSSR count). The number of nitrogens with one attached hydrogen (secondary N) is 2. The summed E-state index contributed by atoms with van der Waals surface area (Å²) in [4.78, 5) is 4.62. The van der Waals surface area contributed by atoms with E-state index in [1.807, 2.05) is 0 Å². The van der Waals surface area contributed by atoms with E-state index in [1.165, 1.54) is 5.57 Å². The molecule has 1 unspecified atom stereocenters. The van der Waals surface area contributed by atoms with Gasteiger partial charge in [0.05, 0.1) is 13.2 Å². The number of aliphatic imine (C=N–C) groups is 1. The van der Waals surface area contributed by atoms with Crippen LogP contribution in [0.4, 0.5) is 0 Å². The van der Waals surface area contributed by atoms with E-state index in [0.717, 1.165) is 31.5 Å². The number of nitrogens with two attached hydrogens (primary N) is 1. The van der Waals surface area contributed by atoms with E-state index < -0.39 is 0 Å². The number of guanidine groups is 1. The van der Waals surface area contributed by atoms with Crippen LogP contribution in [0, 0.1) is 0 Å². The molecule has 2 heterocycles. The van der Waals surface area contributed by atoms with Gasteiger partial charge in [0.25, 0.3) is 0 Å². The van der Waals surface area contributed by atoms with Gasteiger partial charge >= 0.3 is 0 Å². The third kappa shape index (κ3) is 2.30. The van der Waals surface area contributed by atoms with Crippen molar-refractivity contribution in [1.29, 1.82) is 0 Å². The predicted octanol–water partition coefficient (Wildman–Crippen LogP) is 0.685. The lowest BCUT2D eigenvalue weighted by Crippen LogP contribution is -2.53. The topological polar surface area (TPSA) is 71.7 Å². The molecule has 96 valence electrons. The third-order valence-electron chi connectivity index (χ3n) is 3.23. The van der Waals surface area contributed by atoms with Crippen LogP contribution >= 0.6 is 0 Å². The lowest BCUT2D eigenvalue weighted by Gasteiger charge is -2.36. The van der Waals surface area contributed by atoms with Gasteiger partial charge in [-0.1, -0.05) is 20.3 Å². The van der Waals surface area contributed by atoms with Gasteiger partial charge < -0.3 is 15.8 Å². The van der Waals surface area contributed by atoms with E-state index in [4.69, 9.17) is 10.5 Å². The van der Waals surface area contributed by atoms with E-state index in [-0.39, 0.29) is 5.66 Å². The minimum absolute atomic E-state index is 0.341. The second kappa shape index (κ2) is 5.06. The van der Waals surface area contributed by atoms with Gasteiger partial charge in [-0.05, 0) is 19.4 Å². The third-order valence-corrected chi connectivity index (χ3v) is 3.23. The quantitative estimate of drug-likeness (QED) is 0.659. The highest BCUT2D eigenvalue weighted by molar-refractivity contribution is 5.82. The van der Waals surface area contributed by atoms with E-state index in [2.05, 4.69) is 29.5 Å². The number of hydrogen-bond acceptors (Lipinski definition) is 5. The molecule has 5 nitrogen and oxygen atoms in total. The maximum Gasteiger partial charge on any atom is 0.195 e. The van der Waals surface area contributed by atoms with Gasteiger partial charge in [-0.15, -0.1) is 0 Å². The molecule has 0 aromatic heterocycles. The van der Waals surface area contributed by atoms with Crippen molar-refractivity contribution in [1.82, 2.24) is 10.6 Å². The molecule has 5 heteroatoms. The molecule has 0 amide bonds. The molecule has 0 radical (unpaired) electrons. The fourth-order valence-corrected chi connectivity index (χ4v) is 2.50. The van der Waals surface area contributed by atoms with Crippen molar-refractivity contribution >= 4 is 5.96 Å². The van der Waals surface area contributed by atoms with Gasteiger partial charge in [0.2, 0.25) is 0 Å². The molecule has 0 spiro atoms. The second-order valence-electron chi connectivity index (χ2n) is 4.61. The van der Waals surface area contributed by atoms with Crippen LogP contribution < -0.4 is 16.4 Å². The summed E-state index contributed by atoms with van der Waals surface area (Å²) < 4.78 is 5.52. The summed E-state index contributed by atoms with van der Waals surface area (Å²) >= 11 is 0. The number of nitrogens with zero attached hydrogens (tertiary/aromatic N) is 1. The Bertz CT molecular complexity index is 350. The molecular weight excluding hydrogens is 216 g/mol. The average molecular weight is 238 g/mol. The van der Waals surface area contributed by atoms with Crippen molar-refractivity contribution < 1.29 is 4.74 Å². The zero-order valence-corrected chi connectivity index (χ0v) is 10.7. The molecule has 0 aromatic rings. The average Bonchev–Trinajstić information content (AvgIpc) is 2.75. The molecule has 0 bridgehead atoms. The van der Waals surface area contributed by atoms with E-state index in [0.29, 0.717) is 19.2 Å². The van der Waals surface area contributed by atoms with Crippen LogP contribution in [0.3, 0.4) is 0 Å². The molecule has 1 atom stereocenters. The second-order valence-corrected chi connectivity index (χ2v) is 4.61. The molecule has 2 aliphatic rings. The van der Waals surface area contributed by atoms with Gasteiger partial charge in [-0.25, -0.2) is 4.99 Å². The highest BCUT2D eigenvalue weighted by Gasteiger charge is 2.40. The zero-order chi connectivity index (χ0) is 12.3. The van der Waals surface area contributed by atoms with Gasteiger partial charge in [0, 0.05) is 11.3 Å². The van der Waals surface area contributed by atoms with Crippen LogP contribution in [0.15, 0.2) is 16.3 Å². The summed E-state index contributed by atoms with van der Waals surface area (Å²) in [7, 11) is 0. The maximum absolute atomic E-state index is 5.88. The number of ether oxygens (including phenoxy) is 1. The Balaban J connectivity index is 2.29. The monoisotopic (exact) mass is 238 g/mol. The Hall–Kier alpha value is -1.07. The standard InChI is InChI=1S/C12H22N4O/c1-3-5-12(14-6-4-2)9-7-17-8-10(9)15-11(13)16-12/h14H,3-8H2,1-2H3,(H3,13,15,16). The van der Waals surface area contributed by atoms with Crippen molar-refractivity contribution in [3.8, 4) is 0 Å². The zero-order valence-electron chi connectivity index (χ0n) is 10.7. The summed E-state index contributed by atoms with van der Waals surface area (Å²) in [5, 5.41) is 6.65. The summed E-state index contributed by atoms with van der Waals surface area (Å²) in [6.45, 7) is 6.52. The number of rotatable bonds is 5. The van der Waals surface area contributed by atoms with E-state index in [9.17, 15) is 0 Å². The Morgan fingerprint density at radius 1 is 1.41 bits per heavy atom. The minimum atomic E-state index is -0.341. The van der Waals surface area contributed by atoms with Crippen LogP contribution in [0.5, 0.6) is 0 Å². The number of hydrogen-bond donors (Lipinski definition) is 3. The van der Waals surface area contributed by atoms with Gasteiger partial charge in [-0.2, -0.15) is 0 Å². The summed E-state index contributed by atoms with van der Waals surface area (Å²) in [6.07, 6.45) is 3.10. The van der Waals surface area contributed by atoms with Gasteiger partial charge in [-0.3, -0.25) is 5.32 Å². The van der Waals surface area contributed by atoms with Crippen LogP contribution in [-0.4, -0.2) is 31.4 Å². The first-order valence-corrected chi connectivity index (χ1v) is 6.39. The van der Waals surface area contributed by atoms with Crippen LogP contribution in [-0.2, 0) is 4.74 Å². The van der Waals surface area contributed by atoms with Crippen LogP contribution in [0.2, 0.25) is 0 Å². The Morgan fingerprint density at radius 2 is 2.24 bits per heavy atom. The van der Waals surface area contributed by atoms with Crippen LogP contribution in [0.25, 0.3) is 0 Å². The molecule has 0 fully saturated rings. The molecule has 0 saturated carbocycles. The van der Waals surface area contributed by atoms with Gasteiger partial charge in [0.15, 0.2) is 5.96 Å². The maximum atomic E-state index is 5.88. The first kappa shape index (κ1) is 12.4. The predicted molar refractivity (Wildman–Crippen MR) is 68.5 cm³/mol. The first-order chi connectivity index (χ1) is 8.22. The Kier molecular flexibility index (Phi) is 3.69. The Morgan fingerprint density at radius 3 is 2.94 bits per heavy atom. The van der Waals surface area contributed by atoms with Gasteiger partial charge in [0.1, 0.15) is 5.66 Å². The fourth-order valence-electron chi connectivity index (χ4n) is 2.50. The smallest absolute Gasteiger partial charge is 0.195 e.